The Balaban J connectivity index is 2.51. The average molecular weight is 397 g/mol. The van der Waals surface area contributed by atoms with Crippen molar-refractivity contribution >= 4 is 11.8 Å². The van der Waals surface area contributed by atoms with Crippen LogP contribution in [0.1, 0.15) is 91.9 Å². The van der Waals surface area contributed by atoms with Gasteiger partial charge in [0.15, 0.2) is 6.10 Å². The number of ketones is 1. The molecule has 1 rings (SSSR count). The lowest BCUT2D eigenvalue weighted by atomic mass is 9.79. The van der Waals surface area contributed by atoms with E-state index in [1.165, 1.54) is 0 Å². The number of aliphatic carboxylic acids is 1. The Morgan fingerprint density at radius 3 is 2.54 bits per heavy atom. The number of carboxylic acids is 1. The SMILES string of the molecule is CCCCC(C)(O)C/C=C/[C@H]1CCC(=O)[C@@H]1CCCC(C)(C)CC(O)C(=O)O. The number of rotatable bonds is 13. The van der Waals surface area contributed by atoms with E-state index < -0.39 is 17.7 Å². The first-order chi connectivity index (χ1) is 13.0. The Morgan fingerprint density at radius 1 is 1.25 bits per heavy atom. The fourth-order valence-electron chi connectivity index (χ4n) is 4.21. The van der Waals surface area contributed by atoms with Crippen molar-refractivity contribution in [3.8, 4) is 0 Å². The van der Waals surface area contributed by atoms with Crippen molar-refractivity contribution in [2.45, 2.75) is 104 Å². The average Bonchev–Trinajstić information content (AvgIpc) is 2.92. The third-order valence-electron chi connectivity index (χ3n) is 6.06. The molecule has 0 aromatic carbocycles. The van der Waals surface area contributed by atoms with Gasteiger partial charge in [-0.2, -0.15) is 0 Å². The summed E-state index contributed by atoms with van der Waals surface area (Å²) in [6, 6.07) is 0. The van der Waals surface area contributed by atoms with Crippen LogP contribution in [-0.4, -0.2) is 38.8 Å². The van der Waals surface area contributed by atoms with Crippen molar-refractivity contribution in [2.24, 2.45) is 17.3 Å². The maximum atomic E-state index is 12.3. The molecule has 0 radical (unpaired) electrons. The molecule has 2 unspecified atom stereocenters. The highest BCUT2D eigenvalue weighted by atomic mass is 16.4. The van der Waals surface area contributed by atoms with Crippen molar-refractivity contribution in [2.75, 3.05) is 0 Å². The lowest BCUT2D eigenvalue weighted by Crippen LogP contribution is -2.27. The number of Topliss-reactive ketones (excluding diaryl/α,β-unsaturated/α-hetero) is 1. The van der Waals surface area contributed by atoms with E-state index in [1.807, 2.05) is 26.8 Å². The normalized spacial score (nSPS) is 23.9. The molecule has 1 aliphatic carbocycles. The molecular formula is C23H40O5. The van der Waals surface area contributed by atoms with Crippen LogP contribution in [0.2, 0.25) is 0 Å². The second-order valence-electron chi connectivity index (χ2n) is 9.62. The fraction of sp³-hybridized carbons (Fsp3) is 0.826. The van der Waals surface area contributed by atoms with Gasteiger partial charge in [0.05, 0.1) is 5.60 Å². The summed E-state index contributed by atoms with van der Waals surface area (Å²) in [6.45, 7) is 7.92. The first-order valence-corrected chi connectivity index (χ1v) is 10.8. The largest absolute Gasteiger partial charge is 0.479 e. The van der Waals surface area contributed by atoms with Gasteiger partial charge in [0, 0.05) is 12.3 Å². The molecule has 0 heterocycles. The predicted molar refractivity (Wildman–Crippen MR) is 111 cm³/mol. The zero-order chi connectivity index (χ0) is 21.4. The van der Waals surface area contributed by atoms with Gasteiger partial charge in [-0.3, -0.25) is 4.79 Å². The van der Waals surface area contributed by atoms with E-state index in [4.69, 9.17) is 5.11 Å². The first-order valence-electron chi connectivity index (χ1n) is 10.8. The van der Waals surface area contributed by atoms with Gasteiger partial charge in [-0.15, -0.1) is 0 Å². The van der Waals surface area contributed by atoms with Crippen LogP contribution in [0.3, 0.4) is 0 Å². The molecule has 28 heavy (non-hydrogen) atoms. The zero-order valence-electron chi connectivity index (χ0n) is 18.1. The second kappa shape index (κ2) is 11.1. The van der Waals surface area contributed by atoms with Gasteiger partial charge >= 0.3 is 5.97 Å². The van der Waals surface area contributed by atoms with Gasteiger partial charge in [-0.1, -0.05) is 52.2 Å². The lowest BCUT2D eigenvalue weighted by molar-refractivity contribution is -0.148. The monoisotopic (exact) mass is 396 g/mol. The maximum Gasteiger partial charge on any atom is 0.332 e. The summed E-state index contributed by atoms with van der Waals surface area (Å²) in [4.78, 5) is 23.2. The smallest absolute Gasteiger partial charge is 0.332 e. The van der Waals surface area contributed by atoms with Crippen LogP contribution in [0.15, 0.2) is 12.2 Å². The minimum Gasteiger partial charge on any atom is -0.479 e. The van der Waals surface area contributed by atoms with Crippen LogP contribution in [0.25, 0.3) is 0 Å². The number of hydrogen-bond acceptors (Lipinski definition) is 4. The Hall–Kier alpha value is -1.20. The van der Waals surface area contributed by atoms with Crippen molar-refractivity contribution in [1.29, 1.82) is 0 Å². The Kier molecular flexibility index (Phi) is 9.85. The fourth-order valence-corrected chi connectivity index (χ4v) is 4.21. The Labute approximate surface area is 170 Å². The maximum absolute atomic E-state index is 12.3. The molecule has 0 aromatic heterocycles. The van der Waals surface area contributed by atoms with Crippen molar-refractivity contribution in [3.63, 3.8) is 0 Å². The van der Waals surface area contributed by atoms with Crippen LogP contribution in [0.5, 0.6) is 0 Å². The summed E-state index contributed by atoms with van der Waals surface area (Å²) in [5.74, 6) is -0.603. The lowest BCUT2D eigenvalue weighted by Gasteiger charge is -2.27. The van der Waals surface area contributed by atoms with E-state index in [-0.39, 0.29) is 23.7 Å². The van der Waals surface area contributed by atoms with Crippen LogP contribution in [0, 0.1) is 17.3 Å². The molecule has 1 fully saturated rings. The standard InChI is InChI=1S/C23H40O5/c1-5-6-14-23(4,28)15-7-9-17-11-12-19(24)18(17)10-8-13-22(2,3)16-20(25)21(26)27/h7,9,17-18,20,25,28H,5-6,8,10-16H2,1-4H3,(H,26,27)/b9-7+/t17-,18+,20?,23?/m0/s1. The number of carboxylic acid groups (broad SMARTS) is 1. The highest BCUT2D eigenvalue weighted by Gasteiger charge is 2.33. The zero-order valence-corrected chi connectivity index (χ0v) is 18.1. The third-order valence-corrected chi connectivity index (χ3v) is 6.06. The molecule has 0 aromatic rings. The molecule has 0 bridgehead atoms. The third kappa shape index (κ3) is 8.87. The van der Waals surface area contributed by atoms with Gasteiger partial charge < -0.3 is 15.3 Å². The number of unbranched alkanes of at least 4 members (excludes halogenated alkanes) is 1. The van der Waals surface area contributed by atoms with Crippen LogP contribution >= 0.6 is 0 Å². The van der Waals surface area contributed by atoms with E-state index in [1.54, 1.807) is 0 Å². The van der Waals surface area contributed by atoms with Crippen molar-refractivity contribution in [1.82, 2.24) is 0 Å². The molecule has 0 spiro atoms. The molecule has 0 saturated heterocycles. The van der Waals surface area contributed by atoms with Gasteiger partial charge in [0.25, 0.3) is 0 Å². The molecule has 1 aliphatic rings. The quantitative estimate of drug-likeness (QED) is 0.398. The summed E-state index contributed by atoms with van der Waals surface area (Å²) >= 11 is 0. The highest BCUT2D eigenvalue weighted by molar-refractivity contribution is 5.83. The minimum absolute atomic E-state index is 0.0250. The summed E-state index contributed by atoms with van der Waals surface area (Å²) < 4.78 is 0. The first kappa shape index (κ1) is 24.8. The minimum atomic E-state index is -1.33. The molecule has 1 saturated carbocycles. The van der Waals surface area contributed by atoms with Crippen LogP contribution in [0.4, 0.5) is 0 Å². The molecule has 162 valence electrons. The van der Waals surface area contributed by atoms with E-state index in [0.29, 0.717) is 18.6 Å². The van der Waals surface area contributed by atoms with Crippen molar-refractivity contribution < 1.29 is 24.9 Å². The summed E-state index contributed by atoms with van der Waals surface area (Å²) in [6.07, 6.45) is 10.4. The van der Waals surface area contributed by atoms with Gasteiger partial charge in [0.2, 0.25) is 0 Å². The number of aliphatic hydroxyl groups is 2. The van der Waals surface area contributed by atoms with Gasteiger partial charge in [0.1, 0.15) is 5.78 Å². The van der Waals surface area contributed by atoms with Gasteiger partial charge in [-0.05, 0) is 56.8 Å². The van der Waals surface area contributed by atoms with E-state index >= 15 is 0 Å². The van der Waals surface area contributed by atoms with Crippen LogP contribution in [-0.2, 0) is 9.59 Å². The Bertz CT molecular complexity index is 535. The molecule has 0 amide bonds. The number of aliphatic hydroxyl groups excluding tert-OH is 1. The molecule has 5 heteroatoms. The van der Waals surface area contributed by atoms with E-state index in [0.717, 1.165) is 44.9 Å². The number of carbonyl (C=O) groups is 2. The summed E-state index contributed by atoms with van der Waals surface area (Å²) in [5, 5.41) is 28.9. The second-order valence-corrected chi connectivity index (χ2v) is 9.62. The van der Waals surface area contributed by atoms with E-state index in [9.17, 15) is 19.8 Å². The molecule has 3 N–H and O–H groups in total. The van der Waals surface area contributed by atoms with E-state index in [2.05, 4.69) is 13.0 Å². The summed E-state index contributed by atoms with van der Waals surface area (Å²) in [7, 11) is 0. The summed E-state index contributed by atoms with van der Waals surface area (Å²) in [5.41, 5.74) is -0.956. The van der Waals surface area contributed by atoms with Crippen LogP contribution < -0.4 is 0 Å². The van der Waals surface area contributed by atoms with Crippen molar-refractivity contribution in [3.05, 3.63) is 12.2 Å². The van der Waals surface area contributed by atoms with Gasteiger partial charge in [-0.25, -0.2) is 4.79 Å². The molecular weight excluding hydrogens is 356 g/mol. The number of carbonyl (C=O) groups excluding carboxylic acids is 1. The molecule has 4 atom stereocenters. The highest BCUT2D eigenvalue weighted by Crippen LogP contribution is 2.36. The topological polar surface area (TPSA) is 94.8 Å². The number of allylic oxidation sites excluding steroid dienone is 1. The predicted octanol–water partition coefficient (Wildman–Crippen LogP) is 4.50. The Morgan fingerprint density at radius 2 is 1.93 bits per heavy atom. The number of hydrogen-bond donors (Lipinski definition) is 3. The molecule has 5 nitrogen and oxygen atoms in total. The molecule has 0 aliphatic heterocycles.